The standard InChI is InChI=1S/C16H22N4O4S2.C15H21N5O4S2.C10H18O5.CH2O3.Na/c1-11(15(21)22)7-8-13(26-25-2)9-18-16(23)24-10-12-5-3-4-6-14(12)19-20-17;1-25-26-11(6-7-12(16)14(21)22)8-18-15(23)24-9-10-4-2-3-5-13(10)19-20-17;1-9(2,3)14-7(11)13-8(12)15-10(4,5)6;2-1(3)4;/h3-6,11,13H,7-10H2,1-2H3,(H,18,23)(H,21,22);2-5,11-12H,6-9,16H2,1H3,(H,18,23)(H,21,22);1-6H3;(H2,2,3,4);/q;;;;+1/p-1/t11-,13-;11-,12-;;;/m00.../s1. The Bertz CT molecular complexity index is 1950. The third kappa shape index (κ3) is 40.5. The third-order valence-electron chi connectivity index (χ3n) is 7.82. The van der Waals surface area contributed by atoms with Gasteiger partial charge in [-0.25, -0.2) is 19.2 Å². The van der Waals surface area contributed by atoms with Gasteiger partial charge in [-0.2, -0.15) is 0 Å². The number of nitrogens with zero attached hydrogens (tertiary/aromatic N) is 6. The summed E-state index contributed by atoms with van der Waals surface area (Å²) in [5, 5.41) is 45.6. The van der Waals surface area contributed by atoms with Crippen molar-refractivity contribution in [3.05, 3.63) is 80.5 Å². The summed E-state index contributed by atoms with van der Waals surface area (Å²) in [4.78, 5) is 81.4. The van der Waals surface area contributed by atoms with E-state index in [1.54, 1.807) is 119 Å². The maximum absolute atomic E-state index is 11.9. The number of rotatable bonds is 22. The molecule has 396 valence electrons. The fourth-order valence-electron chi connectivity index (χ4n) is 4.64. The second kappa shape index (κ2) is 40.4. The average molecular weight is 1100 g/mol. The molecule has 30 heteroatoms. The van der Waals surface area contributed by atoms with Crippen molar-refractivity contribution in [1.29, 1.82) is 0 Å². The maximum Gasteiger partial charge on any atom is 1.00 e. The van der Waals surface area contributed by atoms with E-state index in [1.807, 2.05) is 12.5 Å². The van der Waals surface area contributed by atoms with Crippen LogP contribution in [0.5, 0.6) is 0 Å². The van der Waals surface area contributed by atoms with Crippen molar-refractivity contribution in [2.45, 2.75) is 115 Å². The van der Waals surface area contributed by atoms with Crippen LogP contribution in [0.3, 0.4) is 0 Å². The summed E-state index contributed by atoms with van der Waals surface area (Å²) in [7, 11) is 6.23. The van der Waals surface area contributed by atoms with Crippen molar-refractivity contribution >= 4 is 97.1 Å². The van der Waals surface area contributed by atoms with E-state index in [9.17, 15) is 28.8 Å². The van der Waals surface area contributed by atoms with Crippen LogP contribution in [-0.4, -0.2) is 111 Å². The molecule has 25 nitrogen and oxygen atoms in total. The van der Waals surface area contributed by atoms with Crippen LogP contribution in [0.1, 0.15) is 85.3 Å². The Labute approximate surface area is 455 Å². The van der Waals surface area contributed by atoms with Gasteiger partial charge in [0.25, 0.3) is 0 Å². The fourth-order valence-corrected chi connectivity index (χ4v) is 8.57. The molecule has 0 saturated carbocycles. The minimum atomic E-state index is -2.08. The number of nitrogens with one attached hydrogen (secondary N) is 2. The number of ether oxygens (including phenoxy) is 5. The van der Waals surface area contributed by atoms with Crippen LogP contribution in [0.2, 0.25) is 0 Å². The van der Waals surface area contributed by atoms with Crippen LogP contribution in [0.15, 0.2) is 58.8 Å². The number of carboxylic acid groups (broad SMARTS) is 4. The van der Waals surface area contributed by atoms with E-state index in [0.717, 1.165) is 0 Å². The molecule has 0 aliphatic heterocycles. The second-order valence-electron chi connectivity index (χ2n) is 16.0. The monoisotopic (exact) mass is 1100 g/mol. The summed E-state index contributed by atoms with van der Waals surface area (Å²) in [5.74, 6) is -2.27. The maximum atomic E-state index is 11.9. The molecule has 0 aromatic heterocycles. The Hall–Kier alpha value is -5.09. The van der Waals surface area contributed by atoms with E-state index >= 15 is 0 Å². The van der Waals surface area contributed by atoms with Gasteiger partial charge in [-0.15, -0.1) is 0 Å². The first kappa shape index (κ1) is 71.2. The quantitative estimate of drug-likeness (QED) is 0.0102. The number of alkyl carbamates (subject to hydrolysis) is 2. The normalized spacial score (nSPS) is 11.9. The van der Waals surface area contributed by atoms with Crippen LogP contribution in [-0.2, 0) is 46.5 Å². The molecule has 0 aliphatic carbocycles. The number of carbonyl (C=O) groups is 7. The topological polar surface area (TPSA) is 397 Å². The van der Waals surface area contributed by atoms with Crippen molar-refractivity contribution in [2.24, 2.45) is 21.9 Å². The number of carboxylic acids is 2. The molecule has 0 saturated heterocycles. The van der Waals surface area contributed by atoms with Gasteiger partial charge in [0.1, 0.15) is 30.5 Å². The molecule has 0 spiro atoms. The molecule has 0 radical (unpaired) electrons. The van der Waals surface area contributed by atoms with Gasteiger partial charge in [0, 0.05) is 44.8 Å². The van der Waals surface area contributed by atoms with Gasteiger partial charge in [-0.05, 0) is 102 Å². The average Bonchev–Trinajstić information content (AvgIpc) is 3.26. The van der Waals surface area contributed by atoms with E-state index < -0.39 is 65.8 Å². The fraction of sp³-hybridized carbons (Fsp3) is 0.548. The molecule has 2 aromatic carbocycles. The van der Waals surface area contributed by atoms with Gasteiger partial charge < -0.3 is 65.3 Å². The first-order valence-electron chi connectivity index (χ1n) is 20.9. The summed E-state index contributed by atoms with van der Waals surface area (Å²) >= 11 is 0. The molecular formula is C42H62N9NaO16S4. The molecule has 0 unspecified atom stereocenters. The van der Waals surface area contributed by atoms with Crippen LogP contribution >= 0.6 is 43.2 Å². The van der Waals surface area contributed by atoms with Crippen LogP contribution in [0, 0.1) is 5.92 Å². The molecule has 2 aromatic rings. The van der Waals surface area contributed by atoms with Gasteiger partial charge in [0.2, 0.25) is 6.16 Å². The van der Waals surface area contributed by atoms with Gasteiger partial charge in [-0.3, -0.25) is 9.59 Å². The molecule has 0 bridgehead atoms. The van der Waals surface area contributed by atoms with E-state index in [0.29, 0.717) is 61.3 Å². The number of carbonyl (C=O) groups excluding carboxylic acids is 4. The minimum absolute atomic E-state index is 0. The molecule has 72 heavy (non-hydrogen) atoms. The van der Waals surface area contributed by atoms with E-state index in [1.165, 1.54) is 21.6 Å². The van der Waals surface area contributed by atoms with Crippen molar-refractivity contribution < 1.29 is 107 Å². The number of aliphatic carboxylic acids is 2. The van der Waals surface area contributed by atoms with Gasteiger partial charge in [-0.1, -0.05) is 109 Å². The molecule has 0 aliphatic rings. The predicted octanol–water partition coefficient (Wildman–Crippen LogP) is 6.93. The number of nitrogens with two attached hydrogens (primary N) is 1. The summed E-state index contributed by atoms with van der Waals surface area (Å²) in [6, 6.07) is 12.8. The molecular weight excluding hydrogens is 1040 g/mol. The Kier molecular flexibility index (Phi) is 39.9. The largest absolute Gasteiger partial charge is 1.00 e. The van der Waals surface area contributed by atoms with Crippen molar-refractivity contribution in [3.8, 4) is 0 Å². The predicted molar refractivity (Wildman–Crippen MR) is 269 cm³/mol. The summed E-state index contributed by atoms with van der Waals surface area (Å²) in [5.41, 5.74) is 23.2. The number of benzene rings is 2. The smallest absolute Gasteiger partial charge is 0.565 e. The first-order valence-corrected chi connectivity index (χ1v) is 26.1. The third-order valence-corrected chi connectivity index (χ3v) is 12.3. The van der Waals surface area contributed by atoms with E-state index in [-0.39, 0.29) is 53.3 Å². The number of amides is 2. The summed E-state index contributed by atoms with van der Waals surface area (Å²) in [6.45, 7) is 12.4. The van der Waals surface area contributed by atoms with Gasteiger partial charge in [0.15, 0.2) is 0 Å². The molecule has 2 rings (SSSR count). The number of hydrogen-bond donors (Lipinski definition) is 6. The number of hydrogen-bond acceptors (Lipinski definition) is 20. The van der Waals surface area contributed by atoms with Crippen molar-refractivity contribution in [3.63, 3.8) is 0 Å². The Morgan fingerprint density at radius 2 is 1.04 bits per heavy atom. The summed E-state index contributed by atoms with van der Waals surface area (Å²) in [6.07, 6.45) is 0.566. The first-order chi connectivity index (χ1) is 33.2. The zero-order chi connectivity index (χ0) is 54.6. The Morgan fingerprint density at radius 3 is 1.36 bits per heavy atom. The van der Waals surface area contributed by atoms with E-state index in [2.05, 4.69) is 35.4 Å². The van der Waals surface area contributed by atoms with Crippen LogP contribution in [0.4, 0.5) is 35.3 Å². The second-order valence-corrected chi connectivity index (χ2v) is 21.5. The molecule has 4 atom stereocenters. The van der Waals surface area contributed by atoms with Crippen LogP contribution in [0.25, 0.3) is 20.9 Å². The van der Waals surface area contributed by atoms with Crippen molar-refractivity contribution in [2.75, 3.05) is 25.6 Å². The van der Waals surface area contributed by atoms with Crippen LogP contribution < -0.4 is 51.0 Å². The molecule has 0 heterocycles. The zero-order valence-corrected chi connectivity index (χ0v) is 46.9. The Morgan fingerprint density at radius 1 is 0.681 bits per heavy atom. The SMILES string of the molecule is CC(C)(C)OC(=O)OC(=O)OC(C)(C)C.CSS[C@@H](CC[C@H](C)C(=O)O)CNC(=O)OCc1ccccc1N=[N+]=[N-].CSS[C@@H](CC[C@H](N)C(=O)O)CNC(=O)OCc1ccccc1N=[N+]=[N-].O=C([O-])O.[Na+]. The molecule has 7 N–H and O–H groups in total. The number of azide groups is 2. The van der Waals surface area contributed by atoms with E-state index in [4.69, 9.17) is 61.0 Å². The van der Waals surface area contributed by atoms with Gasteiger partial charge in [0.05, 0.1) is 5.92 Å². The zero-order valence-electron chi connectivity index (χ0n) is 41.6. The van der Waals surface area contributed by atoms with Crippen molar-refractivity contribution in [1.82, 2.24) is 10.6 Å². The minimum Gasteiger partial charge on any atom is -0.565 e. The van der Waals surface area contributed by atoms with Gasteiger partial charge >= 0.3 is 66.0 Å². The molecule has 2 amide bonds. The Balaban J connectivity index is -0.000000980. The summed E-state index contributed by atoms with van der Waals surface area (Å²) < 4.78 is 24.1. The molecule has 0 fully saturated rings.